The van der Waals surface area contributed by atoms with Crippen molar-refractivity contribution in [3.05, 3.63) is 0 Å². The van der Waals surface area contributed by atoms with E-state index in [9.17, 15) is 4.79 Å². The summed E-state index contributed by atoms with van der Waals surface area (Å²) in [6.45, 7) is 8.34. The van der Waals surface area contributed by atoms with Gasteiger partial charge in [-0.05, 0) is 34.1 Å². The Bertz CT molecular complexity index is 159. The van der Waals surface area contributed by atoms with Crippen molar-refractivity contribution in [2.45, 2.75) is 51.7 Å². The number of carbonyl (C=O) groups excluding carboxylic acids is 1. The number of carbonyl (C=O) groups is 1. The largest absolute Gasteiger partial charge is 0.375 e. The first-order chi connectivity index (χ1) is 5.77. The highest BCUT2D eigenvalue weighted by molar-refractivity contribution is 5.51. The summed E-state index contributed by atoms with van der Waals surface area (Å²) in [5.74, 6) is 0. The molecule has 13 heavy (non-hydrogen) atoms. The normalized spacial score (nSPS) is 13.0. The van der Waals surface area contributed by atoms with Gasteiger partial charge in [-0.2, -0.15) is 0 Å². The minimum Gasteiger partial charge on any atom is -0.375 e. The molecular formula is C10H21NO2. The number of nitrogens with two attached hydrogens (primary N) is 1. The number of rotatable bonds is 6. The van der Waals surface area contributed by atoms with E-state index in [2.05, 4.69) is 0 Å². The second-order valence-corrected chi connectivity index (χ2v) is 4.72. The average Bonchev–Trinajstić information content (AvgIpc) is 1.82. The van der Waals surface area contributed by atoms with Gasteiger partial charge in [-0.15, -0.1) is 0 Å². The zero-order valence-electron chi connectivity index (χ0n) is 9.09. The van der Waals surface area contributed by atoms with Gasteiger partial charge in [0, 0.05) is 18.6 Å². The molecule has 0 saturated heterocycles. The number of hydrogen-bond acceptors (Lipinski definition) is 3. The van der Waals surface area contributed by atoms with Gasteiger partial charge >= 0.3 is 0 Å². The maximum Gasteiger partial charge on any atom is 0.122 e. The Balaban J connectivity index is 3.69. The monoisotopic (exact) mass is 187 g/mol. The lowest BCUT2D eigenvalue weighted by Gasteiger charge is -2.25. The Morgan fingerprint density at radius 3 is 2.23 bits per heavy atom. The Labute approximate surface area is 80.6 Å². The lowest BCUT2D eigenvalue weighted by atomic mass is 10.0. The quantitative estimate of drug-likeness (QED) is 0.641. The van der Waals surface area contributed by atoms with E-state index in [0.717, 1.165) is 12.7 Å². The molecule has 0 atom stereocenters. The highest BCUT2D eigenvalue weighted by atomic mass is 16.5. The van der Waals surface area contributed by atoms with Gasteiger partial charge in [0.2, 0.25) is 0 Å². The molecule has 0 aliphatic rings. The standard InChI is InChI=1S/C10H21NO2/c1-9(2,11)6-8-13-10(3,4)5-7-12/h7H,5-6,8,11H2,1-4H3. The second-order valence-electron chi connectivity index (χ2n) is 4.72. The molecule has 0 rings (SSSR count). The van der Waals surface area contributed by atoms with Gasteiger partial charge in [0.15, 0.2) is 0 Å². The van der Waals surface area contributed by atoms with Gasteiger partial charge in [0.25, 0.3) is 0 Å². The van der Waals surface area contributed by atoms with Crippen LogP contribution < -0.4 is 5.73 Å². The van der Waals surface area contributed by atoms with Crippen molar-refractivity contribution in [2.75, 3.05) is 6.61 Å². The molecule has 0 spiro atoms. The fraction of sp³-hybridized carbons (Fsp3) is 0.900. The highest BCUT2D eigenvalue weighted by Crippen LogP contribution is 2.14. The fourth-order valence-corrected chi connectivity index (χ4v) is 0.850. The topological polar surface area (TPSA) is 52.3 Å². The molecule has 0 aromatic heterocycles. The van der Waals surface area contributed by atoms with Gasteiger partial charge in [-0.3, -0.25) is 0 Å². The van der Waals surface area contributed by atoms with Crippen molar-refractivity contribution in [1.82, 2.24) is 0 Å². The Hall–Kier alpha value is -0.410. The van der Waals surface area contributed by atoms with E-state index in [1.165, 1.54) is 0 Å². The van der Waals surface area contributed by atoms with Crippen molar-refractivity contribution in [3.63, 3.8) is 0 Å². The molecule has 2 N–H and O–H groups in total. The molecule has 0 radical (unpaired) electrons. The molecule has 0 bridgehead atoms. The van der Waals surface area contributed by atoms with Crippen LogP contribution in [0.2, 0.25) is 0 Å². The maximum absolute atomic E-state index is 10.3. The summed E-state index contributed by atoms with van der Waals surface area (Å²) in [5.41, 5.74) is 5.24. The van der Waals surface area contributed by atoms with Crippen LogP contribution in [0.1, 0.15) is 40.5 Å². The van der Waals surface area contributed by atoms with Crippen LogP contribution in [-0.2, 0) is 9.53 Å². The smallest absolute Gasteiger partial charge is 0.122 e. The first-order valence-electron chi connectivity index (χ1n) is 4.63. The first kappa shape index (κ1) is 12.6. The van der Waals surface area contributed by atoms with E-state index < -0.39 is 0 Å². The van der Waals surface area contributed by atoms with Crippen LogP contribution in [0.4, 0.5) is 0 Å². The molecule has 0 fully saturated rings. The molecule has 0 amide bonds. The minimum atomic E-state index is -0.354. The molecule has 0 heterocycles. The summed E-state index contributed by atoms with van der Waals surface area (Å²) < 4.78 is 5.53. The molecule has 0 unspecified atom stereocenters. The summed E-state index contributed by atoms with van der Waals surface area (Å²) >= 11 is 0. The lowest BCUT2D eigenvalue weighted by Crippen LogP contribution is -2.35. The number of hydrogen-bond donors (Lipinski definition) is 1. The van der Waals surface area contributed by atoms with Gasteiger partial charge in [-0.25, -0.2) is 0 Å². The van der Waals surface area contributed by atoms with Gasteiger partial charge in [-0.1, -0.05) is 0 Å². The number of ether oxygens (including phenoxy) is 1. The molecule has 0 saturated carbocycles. The van der Waals surface area contributed by atoms with Gasteiger partial charge < -0.3 is 15.3 Å². The first-order valence-corrected chi connectivity index (χ1v) is 4.63. The van der Waals surface area contributed by atoms with Crippen molar-refractivity contribution in [1.29, 1.82) is 0 Å². The Kier molecular flexibility index (Phi) is 4.57. The van der Waals surface area contributed by atoms with Gasteiger partial charge in [0.05, 0.1) is 5.60 Å². The third kappa shape index (κ3) is 7.94. The molecule has 3 heteroatoms. The molecule has 0 aliphatic heterocycles. The molecule has 0 aromatic rings. The van der Waals surface area contributed by atoms with Crippen LogP contribution in [-0.4, -0.2) is 24.0 Å². The van der Waals surface area contributed by atoms with Crippen molar-refractivity contribution in [2.24, 2.45) is 5.73 Å². The van der Waals surface area contributed by atoms with E-state index >= 15 is 0 Å². The molecular weight excluding hydrogens is 166 g/mol. The second kappa shape index (κ2) is 4.72. The van der Waals surface area contributed by atoms with E-state index in [1.54, 1.807) is 0 Å². The van der Waals surface area contributed by atoms with E-state index in [4.69, 9.17) is 10.5 Å². The fourth-order valence-electron chi connectivity index (χ4n) is 0.850. The van der Waals surface area contributed by atoms with E-state index in [1.807, 2.05) is 27.7 Å². The summed E-state index contributed by atoms with van der Waals surface area (Å²) in [4.78, 5) is 10.3. The minimum absolute atomic E-state index is 0.197. The highest BCUT2D eigenvalue weighted by Gasteiger charge is 2.19. The molecule has 78 valence electrons. The van der Waals surface area contributed by atoms with Crippen LogP contribution >= 0.6 is 0 Å². The molecule has 0 aromatic carbocycles. The van der Waals surface area contributed by atoms with Crippen molar-refractivity contribution < 1.29 is 9.53 Å². The zero-order valence-corrected chi connectivity index (χ0v) is 9.09. The van der Waals surface area contributed by atoms with Crippen LogP contribution in [0.25, 0.3) is 0 Å². The van der Waals surface area contributed by atoms with Crippen LogP contribution in [0.5, 0.6) is 0 Å². The lowest BCUT2D eigenvalue weighted by molar-refractivity contribution is -0.114. The molecule has 3 nitrogen and oxygen atoms in total. The third-order valence-corrected chi connectivity index (χ3v) is 1.81. The van der Waals surface area contributed by atoms with Crippen molar-refractivity contribution >= 4 is 6.29 Å². The predicted octanol–water partition coefficient (Wildman–Crippen LogP) is 1.50. The predicted molar refractivity (Wildman–Crippen MR) is 53.6 cm³/mol. The van der Waals surface area contributed by atoms with Crippen LogP contribution in [0.3, 0.4) is 0 Å². The van der Waals surface area contributed by atoms with Crippen LogP contribution in [0, 0.1) is 0 Å². The zero-order chi connectivity index (χ0) is 10.5. The van der Waals surface area contributed by atoms with Crippen LogP contribution in [0.15, 0.2) is 0 Å². The average molecular weight is 187 g/mol. The summed E-state index contributed by atoms with van der Waals surface area (Å²) in [6.07, 6.45) is 2.11. The summed E-state index contributed by atoms with van der Waals surface area (Å²) in [6, 6.07) is 0. The van der Waals surface area contributed by atoms with Gasteiger partial charge in [0.1, 0.15) is 6.29 Å². The summed E-state index contributed by atoms with van der Waals surface area (Å²) in [7, 11) is 0. The Morgan fingerprint density at radius 2 is 1.85 bits per heavy atom. The summed E-state index contributed by atoms with van der Waals surface area (Å²) in [5, 5.41) is 0. The Morgan fingerprint density at radius 1 is 1.31 bits per heavy atom. The molecule has 0 aliphatic carbocycles. The van der Waals surface area contributed by atoms with E-state index in [0.29, 0.717) is 13.0 Å². The van der Waals surface area contributed by atoms with Crippen molar-refractivity contribution in [3.8, 4) is 0 Å². The maximum atomic E-state index is 10.3. The third-order valence-electron chi connectivity index (χ3n) is 1.81. The number of aldehydes is 1. The van der Waals surface area contributed by atoms with E-state index in [-0.39, 0.29) is 11.1 Å². The SMILES string of the molecule is CC(C)(N)CCOC(C)(C)CC=O.